The third-order valence-corrected chi connectivity index (χ3v) is 2.92. The van der Waals surface area contributed by atoms with E-state index in [4.69, 9.17) is 27.9 Å². The molecule has 6 heteroatoms. The van der Waals surface area contributed by atoms with Crippen molar-refractivity contribution in [2.75, 3.05) is 19.0 Å². The first-order valence-electron chi connectivity index (χ1n) is 5.75. The van der Waals surface area contributed by atoms with Gasteiger partial charge in [-0.2, -0.15) is 0 Å². The largest absolute Gasteiger partial charge is 0.491 e. The molecule has 0 aliphatic heterocycles. The Balaban J connectivity index is 2.57. The van der Waals surface area contributed by atoms with Crippen LogP contribution in [0.25, 0.3) is 11.3 Å². The number of methoxy groups -OCH3 is 1. The number of hydrogen-bond donors (Lipinski definition) is 1. The summed E-state index contributed by atoms with van der Waals surface area (Å²) in [5.41, 5.74) is 1.44. The van der Waals surface area contributed by atoms with E-state index >= 15 is 0 Å². The van der Waals surface area contributed by atoms with Crippen molar-refractivity contribution in [2.24, 2.45) is 0 Å². The molecule has 0 radical (unpaired) electrons. The van der Waals surface area contributed by atoms with Crippen LogP contribution in [0.4, 0.5) is 5.82 Å². The molecule has 2 rings (SSSR count). The maximum absolute atomic E-state index is 6.01. The number of rotatable bonds is 4. The molecule has 0 atom stereocenters. The summed E-state index contributed by atoms with van der Waals surface area (Å²) in [6.45, 7) is 2.72. The molecule has 1 aromatic heterocycles. The number of aromatic nitrogens is 2. The molecule has 2 aromatic rings. The standard InChI is InChI=1S/C13H13Cl2N3O/c1-3-16-13-12(19-2)11(17-7-18-13)8-4-9(14)6-10(15)5-8/h4-7H,3H2,1-2H3,(H,16,17,18). The van der Waals surface area contributed by atoms with Crippen molar-refractivity contribution in [1.29, 1.82) is 0 Å². The Bertz CT molecular complexity index is 570. The van der Waals surface area contributed by atoms with Crippen molar-refractivity contribution < 1.29 is 4.74 Å². The average molecular weight is 298 g/mol. The Labute approximate surface area is 121 Å². The van der Waals surface area contributed by atoms with Crippen molar-refractivity contribution in [3.05, 3.63) is 34.6 Å². The third kappa shape index (κ3) is 3.08. The number of ether oxygens (including phenoxy) is 1. The maximum Gasteiger partial charge on any atom is 0.187 e. The zero-order valence-corrected chi connectivity index (χ0v) is 12.1. The molecular weight excluding hydrogens is 285 g/mol. The van der Waals surface area contributed by atoms with Gasteiger partial charge in [-0.15, -0.1) is 0 Å². The topological polar surface area (TPSA) is 47.0 Å². The van der Waals surface area contributed by atoms with E-state index in [0.717, 1.165) is 12.1 Å². The first-order chi connectivity index (χ1) is 9.15. The van der Waals surface area contributed by atoms with Crippen LogP contribution in [0.15, 0.2) is 24.5 Å². The molecule has 0 bridgehead atoms. The molecule has 1 heterocycles. The van der Waals surface area contributed by atoms with Crippen LogP contribution in [-0.4, -0.2) is 23.6 Å². The predicted octanol–water partition coefficient (Wildman–Crippen LogP) is 3.89. The highest BCUT2D eigenvalue weighted by molar-refractivity contribution is 6.35. The lowest BCUT2D eigenvalue weighted by Gasteiger charge is -2.12. The molecule has 0 aliphatic rings. The third-order valence-electron chi connectivity index (χ3n) is 2.49. The highest BCUT2D eigenvalue weighted by atomic mass is 35.5. The Morgan fingerprint density at radius 1 is 1.16 bits per heavy atom. The van der Waals surface area contributed by atoms with Gasteiger partial charge < -0.3 is 10.1 Å². The minimum absolute atomic E-state index is 0.549. The highest BCUT2D eigenvalue weighted by Crippen LogP contribution is 2.35. The normalized spacial score (nSPS) is 10.3. The lowest BCUT2D eigenvalue weighted by Crippen LogP contribution is -2.04. The fourth-order valence-corrected chi connectivity index (χ4v) is 2.28. The summed E-state index contributed by atoms with van der Waals surface area (Å²) in [6.07, 6.45) is 1.48. The quantitative estimate of drug-likeness (QED) is 0.930. The lowest BCUT2D eigenvalue weighted by molar-refractivity contribution is 0.414. The SMILES string of the molecule is CCNc1ncnc(-c2cc(Cl)cc(Cl)c2)c1OC. The molecule has 0 unspecified atom stereocenters. The number of anilines is 1. The van der Waals surface area contributed by atoms with E-state index in [0.29, 0.717) is 27.3 Å². The Kier molecular flexibility index (Phi) is 4.45. The summed E-state index contributed by atoms with van der Waals surface area (Å²) in [5.74, 6) is 1.22. The van der Waals surface area contributed by atoms with E-state index in [2.05, 4.69) is 15.3 Å². The van der Waals surface area contributed by atoms with Crippen LogP contribution < -0.4 is 10.1 Å². The summed E-state index contributed by atoms with van der Waals surface area (Å²) in [6, 6.07) is 5.24. The van der Waals surface area contributed by atoms with Gasteiger partial charge in [0.15, 0.2) is 11.6 Å². The van der Waals surface area contributed by atoms with Gasteiger partial charge in [-0.05, 0) is 25.1 Å². The molecule has 1 aromatic carbocycles. The average Bonchev–Trinajstić information content (AvgIpc) is 2.37. The summed E-state index contributed by atoms with van der Waals surface area (Å²) in [5, 5.41) is 4.22. The zero-order chi connectivity index (χ0) is 13.8. The van der Waals surface area contributed by atoms with E-state index in [9.17, 15) is 0 Å². The summed E-state index contributed by atoms with van der Waals surface area (Å²) < 4.78 is 5.39. The number of benzene rings is 1. The number of hydrogen-bond acceptors (Lipinski definition) is 4. The van der Waals surface area contributed by atoms with Crippen LogP contribution in [0.2, 0.25) is 10.0 Å². The molecule has 0 amide bonds. The van der Waals surface area contributed by atoms with Gasteiger partial charge in [0.25, 0.3) is 0 Å². The van der Waals surface area contributed by atoms with Crippen molar-refractivity contribution >= 4 is 29.0 Å². The molecule has 19 heavy (non-hydrogen) atoms. The van der Waals surface area contributed by atoms with E-state index in [1.165, 1.54) is 6.33 Å². The van der Waals surface area contributed by atoms with Gasteiger partial charge in [0.05, 0.1) is 7.11 Å². The Morgan fingerprint density at radius 3 is 2.42 bits per heavy atom. The lowest BCUT2D eigenvalue weighted by atomic mass is 10.1. The van der Waals surface area contributed by atoms with Gasteiger partial charge in [0.1, 0.15) is 12.0 Å². The van der Waals surface area contributed by atoms with Crippen LogP contribution >= 0.6 is 23.2 Å². The van der Waals surface area contributed by atoms with Crippen molar-refractivity contribution in [2.45, 2.75) is 6.92 Å². The summed E-state index contributed by atoms with van der Waals surface area (Å²) in [7, 11) is 1.58. The molecule has 0 saturated heterocycles. The molecule has 0 saturated carbocycles. The first-order valence-corrected chi connectivity index (χ1v) is 6.50. The maximum atomic E-state index is 6.01. The van der Waals surface area contributed by atoms with Crippen LogP contribution in [0.3, 0.4) is 0 Å². The molecule has 0 spiro atoms. The number of nitrogens with one attached hydrogen (secondary N) is 1. The predicted molar refractivity (Wildman–Crippen MR) is 78.2 cm³/mol. The fourth-order valence-electron chi connectivity index (χ4n) is 1.76. The fraction of sp³-hybridized carbons (Fsp3) is 0.231. The number of halogens is 2. The van der Waals surface area contributed by atoms with Gasteiger partial charge in [-0.1, -0.05) is 23.2 Å². The van der Waals surface area contributed by atoms with Gasteiger partial charge in [-0.3, -0.25) is 0 Å². The van der Waals surface area contributed by atoms with Crippen LogP contribution in [0.5, 0.6) is 5.75 Å². The Hall–Kier alpha value is -1.52. The van der Waals surface area contributed by atoms with Crippen molar-refractivity contribution in [1.82, 2.24) is 9.97 Å². The summed E-state index contributed by atoms with van der Waals surface area (Å²) in [4.78, 5) is 8.41. The van der Waals surface area contributed by atoms with Crippen LogP contribution in [0, 0.1) is 0 Å². The van der Waals surface area contributed by atoms with E-state index in [-0.39, 0.29) is 0 Å². The molecular formula is C13H13Cl2N3O. The van der Waals surface area contributed by atoms with Gasteiger partial charge in [0.2, 0.25) is 0 Å². The highest BCUT2D eigenvalue weighted by Gasteiger charge is 2.14. The first kappa shape index (κ1) is 13.9. The second kappa shape index (κ2) is 6.08. The minimum Gasteiger partial charge on any atom is -0.491 e. The Morgan fingerprint density at radius 2 is 1.84 bits per heavy atom. The second-order valence-corrected chi connectivity index (χ2v) is 4.67. The summed E-state index contributed by atoms with van der Waals surface area (Å²) >= 11 is 12.0. The van der Waals surface area contributed by atoms with Crippen molar-refractivity contribution in [3.63, 3.8) is 0 Å². The smallest absolute Gasteiger partial charge is 0.187 e. The molecule has 0 fully saturated rings. The molecule has 4 nitrogen and oxygen atoms in total. The van der Waals surface area contributed by atoms with Crippen LogP contribution in [-0.2, 0) is 0 Å². The van der Waals surface area contributed by atoms with Gasteiger partial charge >= 0.3 is 0 Å². The van der Waals surface area contributed by atoms with Crippen molar-refractivity contribution in [3.8, 4) is 17.0 Å². The zero-order valence-electron chi connectivity index (χ0n) is 10.6. The van der Waals surface area contributed by atoms with Gasteiger partial charge in [-0.25, -0.2) is 9.97 Å². The van der Waals surface area contributed by atoms with E-state index in [1.54, 1.807) is 25.3 Å². The second-order valence-electron chi connectivity index (χ2n) is 3.79. The molecule has 1 N–H and O–H groups in total. The monoisotopic (exact) mass is 297 g/mol. The number of nitrogens with zero attached hydrogens (tertiary/aromatic N) is 2. The van der Waals surface area contributed by atoms with Crippen LogP contribution in [0.1, 0.15) is 6.92 Å². The molecule has 0 aliphatic carbocycles. The minimum atomic E-state index is 0.549. The van der Waals surface area contributed by atoms with E-state index in [1.807, 2.05) is 6.92 Å². The van der Waals surface area contributed by atoms with E-state index < -0.39 is 0 Å². The molecule has 100 valence electrons. The van der Waals surface area contributed by atoms with Gasteiger partial charge in [0, 0.05) is 22.2 Å².